The number of phenolic OH excluding ortho intramolecular Hbond substituents is 1. The van der Waals surface area contributed by atoms with Crippen LogP contribution in [0.3, 0.4) is 0 Å². The lowest BCUT2D eigenvalue weighted by atomic mass is 9.76. The standard InChI is InChI=1S/C37H47N3O5S/c1-7-36(3,4)25-15-20-33(31(23-25)37(5,6)8-2)45-22-12-11-21-39-35(42)30-24-32(28-13-9-10-14-29(28)34(30)41)40-46(43,44)27-18-16-26(38)17-19-27/h9-10,13-20,23-24,40-41H,7-8,11-12,21-22,38H2,1-6H3,(H,39,42). The van der Waals surface area contributed by atoms with Crippen molar-refractivity contribution in [1.82, 2.24) is 5.32 Å². The number of sulfonamides is 1. The van der Waals surface area contributed by atoms with Gasteiger partial charge in [-0.15, -0.1) is 0 Å². The Labute approximate surface area is 273 Å². The number of carbonyl (C=O) groups is 1. The number of hydrogen-bond acceptors (Lipinski definition) is 6. The summed E-state index contributed by atoms with van der Waals surface area (Å²) in [6, 6.07) is 20.5. The zero-order valence-electron chi connectivity index (χ0n) is 27.7. The van der Waals surface area contributed by atoms with Gasteiger partial charge < -0.3 is 20.9 Å². The third-order valence-electron chi connectivity index (χ3n) is 9.07. The quantitative estimate of drug-likeness (QED) is 0.0627. The molecule has 0 radical (unpaired) electrons. The molecule has 5 N–H and O–H groups in total. The Kier molecular flexibility index (Phi) is 10.6. The molecule has 4 rings (SSSR count). The van der Waals surface area contributed by atoms with Gasteiger partial charge in [-0.25, -0.2) is 8.42 Å². The Balaban J connectivity index is 1.42. The van der Waals surface area contributed by atoms with Crippen molar-refractivity contribution in [3.63, 3.8) is 0 Å². The molecule has 0 atom stereocenters. The van der Waals surface area contributed by atoms with Gasteiger partial charge in [-0.2, -0.15) is 0 Å². The predicted octanol–water partition coefficient (Wildman–Crippen LogP) is 7.89. The summed E-state index contributed by atoms with van der Waals surface area (Å²) in [5.74, 6) is 0.174. The summed E-state index contributed by atoms with van der Waals surface area (Å²) in [5, 5.41) is 14.7. The van der Waals surface area contributed by atoms with Crippen LogP contribution in [0.4, 0.5) is 11.4 Å². The number of nitrogens with one attached hydrogen (secondary N) is 2. The number of phenols is 1. The van der Waals surface area contributed by atoms with Crippen LogP contribution in [0.5, 0.6) is 11.5 Å². The molecule has 0 bridgehead atoms. The van der Waals surface area contributed by atoms with Gasteiger partial charge in [-0.3, -0.25) is 9.52 Å². The number of amides is 1. The van der Waals surface area contributed by atoms with Gasteiger partial charge in [-0.05, 0) is 78.5 Å². The first kappa shape index (κ1) is 34.6. The molecule has 0 spiro atoms. The number of nitrogens with two attached hydrogens (primary N) is 1. The zero-order valence-corrected chi connectivity index (χ0v) is 28.6. The van der Waals surface area contributed by atoms with E-state index in [0.717, 1.165) is 18.6 Å². The fourth-order valence-corrected chi connectivity index (χ4v) is 6.25. The van der Waals surface area contributed by atoms with Crippen molar-refractivity contribution in [3.05, 3.63) is 89.5 Å². The van der Waals surface area contributed by atoms with Crippen molar-refractivity contribution in [3.8, 4) is 11.5 Å². The van der Waals surface area contributed by atoms with Crippen molar-refractivity contribution < 1.29 is 23.1 Å². The molecule has 0 heterocycles. The van der Waals surface area contributed by atoms with Crippen LogP contribution in [0.15, 0.2) is 77.7 Å². The number of unbranched alkanes of at least 4 members (excludes halogenated alkanes) is 1. The summed E-state index contributed by atoms with van der Waals surface area (Å²) >= 11 is 0. The SMILES string of the molecule is CCC(C)(C)c1ccc(OCCCCNC(=O)c2cc(NS(=O)(=O)c3ccc(N)cc3)c3ccccc3c2O)c(C(C)(C)CC)c1. The van der Waals surface area contributed by atoms with E-state index in [1.54, 1.807) is 24.3 Å². The Morgan fingerprint density at radius 1 is 0.870 bits per heavy atom. The van der Waals surface area contributed by atoms with Crippen molar-refractivity contribution in [2.24, 2.45) is 0 Å². The van der Waals surface area contributed by atoms with Crippen molar-refractivity contribution in [2.45, 2.75) is 83.0 Å². The normalized spacial score (nSPS) is 12.2. The number of ether oxygens (including phenoxy) is 1. The Morgan fingerprint density at radius 3 is 2.17 bits per heavy atom. The van der Waals surface area contributed by atoms with Gasteiger partial charge in [0.2, 0.25) is 0 Å². The second-order valence-electron chi connectivity index (χ2n) is 13.0. The molecule has 0 saturated carbocycles. The lowest BCUT2D eigenvalue weighted by Gasteiger charge is -2.30. The number of nitrogen functional groups attached to an aromatic ring is 1. The molecule has 46 heavy (non-hydrogen) atoms. The van der Waals surface area contributed by atoms with Crippen LogP contribution in [0, 0.1) is 0 Å². The summed E-state index contributed by atoms with van der Waals surface area (Å²) in [7, 11) is -3.99. The van der Waals surface area contributed by atoms with Crippen LogP contribution < -0.4 is 20.5 Å². The topological polar surface area (TPSA) is 131 Å². The smallest absolute Gasteiger partial charge is 0.261 e. The van der Waals surface area contributed by atoms with Crippen LogP contribution in [-0.2, 0) is 20.9 Å². The summed E-state index contributed by atoms with van der Waals surface area (Å²) < 4.78 is 35.1. The fraction of sp³-hybridized carbons (Fsp3) is 0.378. The molecular formula is C37H47N3O5S. The second-order valence-corrected chi connectivity index (χ2v) is 14.7. The highest BCUT2D eigenvalue weighted by molar-refractivity contribution is 7.92. The van der Waals surface area contributed by atoms with E-state index in [2.05, 4.69) is 69.8 Å². The van der Waals surface area contributed by atoms with Crippen LogP contribution in [-0.4, -0.2) is 32.6 Å². The molecule has 246 valence electrons. The highest BCUT2D eigenvalue weighted by Gasteiger charge is 2.27. The van der Waals surface area contributed by atoms with Crippen LogP contribution in [0.25, 0.3) is 10.8 Å². The maximum Gasteiger partial charge on any atom is 0.261 e. The van der Waals surface area contributed by atoms with E-state index in [-0.39, 0.29) is 32.7 Å². The molecule has 8 nitrogen and oxygen atoms in total. The number of rotatable bonds is 14. The van der Waals surface area contributed by atoms with Crippen molar-refractivity contribution in [1.29, 1.82) is 0 Å². The van der Waals surface area contributed by atoms with E-state index in [1.165, 1.54) is 41.5 Å². The highest BCUT2D eigenvalue weighted by Crippen LogP contribution is 2.39. The van der Waals surface area contributed by atoms with Gasteiger partial charge in [0, 0.05) is 28.6 Å². The lowest BCUT2D eigenvalue weighted by molar-refractivity contribution is 0.0950. The fourth-order valence-electron chi connectivity index (χ4n) is 5.17. The minimum atomic E-state index is -3.99. The predicted molar refractivity (Wildman–Crippen MR) is 187 cm³/mol. The Morgan fingerprint density at radius 2 is 1.52 bits per heavy atom. The van der Waals surface area contributed by atoms with Crippen molar-refractivity contribution in [2.75, 3.05) is 23.6 Å². The average Bonchev–Trinajstić information content (AvgIpc) is 3.04. The van der Waals surface area contributed by atoms with E-state index in [4.69, 9.17) is 10.5 Å². The largest absolute Gasteiger partial charge is 0.506 e. The zero-order chi connectivity index (χ0) is 33.7. The number of fused-ring (bicyclic) bond motifs is 1. The van der Waals surface area contributed by atoms with Gasteiger partial charge in [0.25, 0.3) is 15.9 Å². The molecule has 4 aromatic rings. The number of hydrogen-bond donors (Lipinski definition) is 4. The molecule has 4 aromatic carbocycles. The third-order valence-corrected chi connectivity index (χ3v) is 10.4. The van der Waals surface area contributed by atoms with Crippen LogP contribution in [0.2, 0.25) is 0 Å². The van der Waals surface area contributed by atoms with Gasteiger partial charge in [-0.1, -0.05) is 77.9 Å². The first-order chi connectivity index (χ1) is 21.7. The molecule has 0 saturated heterocycles. The molecule has 9 heteroatoms. The van der Waals surface area contributed by atoms with E-state index in [1.807, 2.05) is 0 Å². The number of carbonyl (C=O) groups excluding carboxylic acids is 1. The summed E-state index contributed by atoms with van der Waals surface area (Å²) in [6.45, 7) is 14.3. The molecular weight excluding hydrogens is 598 g/mol. The Bertz CT molecular complexity index is 1800. The van der Waals surface area contributed by atoms with Crippen LogP contribution >= 0.6 is 0 Å². The van der Waals surface area contributed by atoms with Gasteiger partial charge >= 0.3 is 0 Å². The molecule has 0 fully saturated rings. The number of aromatic hydroxyl groups is 1. The van der Waals surface area contributed by atoms with Crippen molar-refractivity contribution >= 4 is 38.1 Å². The molecule has 1 amide bonds. The molecule has 0 unspecified atom stereocenters. The van der Waals surface area contributed by atoms with E-state index >= 15 is 0 Å². The molecule has 0 aliphatic rings. The minimum Gasteiger partial charge on any atom is -0.506 e. The molecule has 0 aliphatic carbocycles. The third kappa shape index (κ3) is 7.76. The Hall–Kier alpha value is -4.24. The monoisotopic (exact) mass is 645 g/mol. The summed E-state index contributed by atoms with van der Waals surface area (Å²) in [4.78, 5) is 13.2. The van der Waals surface area contributed by atoms with Crippen LogP contribution in [0.1, 0.15) is 88.7 Å². The van der Waals surface area contributed by atoms with Gasteiger partial charge in [0.1, 0.15) is 11.5 Å². The lowest BCUT2D eigenvalue weighted by Crippen LogP contribution is -2.25. The highest BCUT2D eigenvalue weighted by atomic mass is 32.2. The number of benzene rings is 4. The maximum absolute atomic E-state index is 13.2. The van der Waals surface area contributed by atoms with Gasteiger partial charge in [0.15, 0.2) is 0 Å². The van der Waals surface area contributed by atoms with E-state index < -0.39 is 15.9 Å². The first-order valence-electron chi connectivity index (χ1n) is 15.9. The summed E-state index contributed by atoms with van der Waals surface area (Å²) in [5.41, 5.74) is 8.87. The molecule has 0 aromatic heterocycles. The maximum atomic E-state index is 13.2. The average molecular weight is 646 g/mol. The first-order valence-corrected chi connectivity index (χ1v) is 17.4. The molecule has 0 aliphatic heterocycles. The second kappa shape index (κ2) is 14.0. The van der Waals surface area contributed by atoms with E-state index in [9.17, 15) is 18.3 Å². The van der Waals surface area contributed by atoms with Gasteiger partial charge in [0.05, 0.1) is 22.8 Å². The van der Waals surface area contributed by atoms with E-state index in [0.29, 0.717) is 42.5 Å². The summed E-state index contributed by atoms with van der Waals surface area (Å²) in [6.07, 6.45) is 3.40. The number of anilines is 2. The minimum absolute atomic E-state index is 0.0218.